The average molecular weight is 343 g/mol. The maximum absolute atomic E-state index is 12.5. The molecule has 1 amide bonds. The van der Waals surface area contributed by atoms with E-state index in [-0.39, 0.29) is 23.5 Å². The van der Waals surface area contributed by atoms with E-state index in [0.29, 0.717) is 21.6 Å². The summed E-state index contributed by atoms with van der Waals surface area (Å²) < 4.78 is 0.553. The Balaban J connectivity index is 1.83. The summed E-state index contributed by atoms with van der Waals surface area (Å²) in [6.07, 6.45) is 0. The minimum atomic E-state index is -1.64. The number of nitrogens with zero attached hydrogens (tertiary/aromatic N) is 2. The highest BCUT2D eigenvalue weighted by Crippen LogP contribution is 2.14. The van der Waals surface area contributed by atoms with E-state index >= 15 is 0 Å². The third kappa shape index (κ3) is 3.23. The number of aromatic amines is 1. The lowest BCUT2D eigenvalue weighted by Gasteiger charge is -2.17. The van der Waals surface area contributed by atoms with Gasteiger partial charge in [0.25, 0.3) is 11.5 Å². The Labute approximate surface area is 141 Å². The molecule has 2 heterocycles. The van der Waals surface area contributed by atoms with Crippen LogP contribution in [0, 0.1) is 0 Å². The first-order chi connectivity index (χ1) is 11.5. The summed E-state index contributed by atoms with van der Waals surface area (Å²) >= 11 is 1.31. The minimum absolute atomic E-state index is 0.131. The largest absolute Gasteiger partial charge is 0.488 e. The van der Waals surface area contributed by atoms with Gasteiger partial charge in [-0.15, -0.1) is 11.3 Å². The summed E-state index contributed by atoms with van der Waals surface area (Å²) in [6.45, 7) is 0.131. The fourth-order valence-electron chi connectivity index (χ4n) is 2.35. The second-order valence-electron chi connectivity index (χ2n) is 5.31. The first-order valence-electron chi connectivity index (χ1n) is 7.13. The van der Waals surface area contributed by atoms with E-state index in [1.807, 2.05) is 0 Å². The maximum atomic E-state index is 12.5. The second kappa shape index (κ2) is 6.56. The summed E-state index contributed by atoms with van der Waals surface area (Å²) in [4.78, 5) is 32.8. The van der Waals surface area contributed by atoms with Gasteiger partial charge in [-0.25, -0.2) is 4.98 Å². The predicted octanol–water partition coefficient (Wildman–Crippen LogP) is -0.0634. The standard InChI is InChI=1S/C15H14BN3O4S/c1-19(15(21)9-3-2-4-10(7-9)16(22)23)8-12-17-11-5-6-24-13(11)14(20)18-12/h2-7,22-23H,8H2,1H3,(H,17,18,20). The number of carbonyl (C=O) groups is 1. The summed E-state index contributed by atoms with van der Waals surface area (Å²) in [7, 11) is -0.0515. The van der Waals surface area contributed by atoms with Gasteiger partial charge in [-0.2, -0.15) is 0 Å². The van der Waals surface area contributed by atoms with E-state index in [4.69, 9.17) is 0 Å². The molecule has 0 saturated heterocycles. The van der Waals surface area contributed by atoms with Crippen LogP contribution in [-0.2, 0) is 6.54 Å². The fraction of sp³-hybridized carbons (Fsp3) is 0.133. The molecule has 0 aliphatic carbocycles. The van der Waals surface area contributed by atoms with Gasteiger partial charge < -0.3 is 19.9 Å². The van der Waals surface area contributed by atoms with Crippen molar-refractivity contribution >= 4 is 40.0 Å². The number of fused-ring (bicyclic) bond motifs is 1. The smallest absolute Gasteiger partial charge is 0.423 e. The van der Waals surface area contributed by atoms with E-state index in [0.717, 1.165) is 0 Å². The molecule has 0 unspecified atom stereocenters. The molecule has 0 bridgehead atoms. The predicted molar refractivity (Wildman–Crippen MR) is 92.3 cm³/mol. The van der Waals surface area contributed by atoms with E-state index in [2.05, 4.69) is 9.97 Å². The van der Waals surface area contributed by atoms with Crippen LogP contribution in [0.15, 0.2) is 40.5 Å². The van der Waals surface area contributed by atoms with Crippen molar-refractivity contribution in [2.45, 2.75) is 6.54 Å². The lowest BCUT2D eigenvalue weighted by Crippen LogP contribution is -2.32. The maximum Gasteiger partial charge on any atom is 0.488 e. The Kier molecular flexibility index (Phi) is 4.47. The van der Waals surface area contributed by atoms with Gasteiger partial charge >= 0.3 is 7.12 Å². The van der Waals surface area contributed by atoms with Gasteiger partial charge in [0, 0.05) is 12.6 Å². The van der Waals surface area contributed by atoms with Crippen molar-refractivity contribution in [1.82, 2.24) is 14.9 Å². The first kappa shape index (κ1) is 16.4. The van der Waals surface area contributed by atoms with Gasteiger partial charge in [0.2, 0.25) is 0 Å². The number of benzene rings is 1. The Morgan fingerprint density at radius 3 is 2.92 bits per heavy atom. The average Bonchev–Trinajstić information content (AvgIpc) is 3.03. The Hall–Kier alpha value is -2.49. The van der Waals surface area contributed by atoms with Gasteiger partial charge in [0.05, 0.1) is 12.1 Å². The zero-order valence-electron chi connectivity index (χ0n) is 12.8. The molecule has 1 aromatic carbocycles. The van der Waals surface area contributed by atoms with Crippen LogP contribution in [0.2, 0.25) is 0 Å². The van der Waals surface area contributed by atoms with E-state index in [9.17, 15) is 19.6 Å². The van der Waals surface area contributed by atoms with Gasteiger partial charge in [-0.3, -0.25) is 9.59 Å². The van der Waals surface area contributed by atoms with Crippen molar-refractivity contribution in [1.29, 1.82) is 0 Å². The highest BCUT2D eigenvalue weighted by atomic mass is 32.1. The Morgan fingerprint density at radius 2 is 2.17 bits per heavy atom. The summed E-state index contributed by atoms with van der Waals surface area (Å²) in [5.41, 5.74) is 0.934. The zero-order valence-corrected chi connectivity index (χ0v) is 13.6. The highest BCUT2D eigenvalue weighted by Gasteiger charge is 2.17. The monoisotopic (exact) mass is 343 g/mol. The molecular weight excluding hydrogens is 329 g/mol. The Bertz CT molecular complexity index is 953. The molecule has 3 N–H and O–H groups in total. The van der Waals surface area contributed by atoms with Crippen molar-refractivity contribution in [3.8, 4) is 0 Å². The molecule has 0 aliphatic rings. The number of hydrogen-bond acceptors (Lipinski definition) is 6. The van der Waals surface area contributed by atoms with Crippen LogP contribution >= 0.6 is 11.3 Å². The van der Waals surface area contributed by atoms with E-state index in [1.54, 1.807) is 30.6 Å². The highest BCUT2D eigenvalue weighted by molar-refractivity contribution is 7.17. The van der Waals surface area contributed by atoms with Crippen molar-refractivity contribution in [3.05, 3.63) is 57.5 Å². The number of hydrogen-bond donors (Lipinski definition) is 3. The van der Waals surface area contributed by atoms with Crippen molar-refractivity contribution in [2.24, 2.45) is 0 Å². The number of carbonyl (C=O) groups excluding carboxylic acids is 1. The lowest BCUT2D eigenvalue weighted by atomic mass is 9.79. The van der Waals surface area contributed by atoms with Gasteiger partial charge in [-0.05, 0) is 29.0 Å². The normalized spacial score (nSPS) is 10.8. The molecule has 2 aromatic heterocycles. The number of nitrogens with one attached hydrogen (secondary N) is 1. The van der Waals surface area contributed by atoms with Crippen LogP contribution in [-0.4, -0.2) is 45.0 Å². The molecule has 7 nitrogen and oxygen atoms in total. The van der Waals surface area contributed by atoms with Crippen LogP contribution in [0.4, 0.5) is 0 Å². The van der Waals surface area contributed by atoms with Crippen LogP contribution in [0.25, 0.3) is 10.2 Å². The molecule has 3 rings (SSSR count). The number of H-pyrrole nitrogens is 1. The van der Waals surface area contributed by atoms with Gasteiger partial charge in [-0.1, -0.05) is 12.1 Å². The second-order valence-corrected chi connectivity index (χ2v) is 6.22. The number of amides is 1. The number of rotatable bonds is 4. The molecule has 0 atom stereocenters. The first-order valence-corrected chi connectivity index (χ1v) is 8.01. The fourth-order valence-corrected chi connectivity index (χ4v) is 3.07. The molecular formula is C15H14BN3O4S. The van der Waals surface area contributed by atoms with Crippen LogP contribution in [0.5, 0.6) is 0 Å². The molecule has 0 fully saturated rings. The molecule has 0 spiro atoms. The lowest BCUT2D eigenvalue weighted by molar-refractivity contribution is 0.0781. The number of thiophene rings is 1. The molecule has 0 radical (unpaired) electrons. The topological polar surface area (TPSA) is 107 Å². The molecule has 0 saturated carbocycles. The van der Waals surface area contributed by atoms with E-state index < -0.39 is 7.12 Å². The van der Waals surface area contributed by atoms with E-state index in [1.165, 1.54) is 28.4 Å². The van der Waals surface area contributed by atoms with Gasteiger partial charge in [0.15, 0.2) is 0 Å². The van der Waals surface area contributed by atoms with Crippen LogP contribution < -0.4 is 11.0 Å². The van der Waals surface area contributed by atoms with Crippen LogP contribution in [0.1, 0.15) is 16.2 Å². The van der Waals surface area contributed by atoms with Crippen LogP contribution in [0.3, 0.4) is 0 Å². The molecule has 9 heteroatoms. The SMILES string of the molecule is CN(Cc1nc2ccsc2c(=O)[nH]1)C(=O)c1cccc(B(O)O)c1. The molecule has 3 aromatic rings. The minimum Gasteiger partial charge on any atom is -0.423 e. The summed E-state index contributed by atoms with van der Waals surface area (Å²) in [6, 6.07) is 7.86. The summed E-state index contributed by atoms with van der Waals surface area (Å²) in [5, 5.41) is 20.2. The van der Waals surface area contributed by atoms with Gasteiger partial charge in [0.1, 0.15) is 10.5 Å². The Morgan fingerprint density at radius 1 is 1.38 bits per heavy atom. The quantitative estimate of drug-likeness (QED) is 0.576. The molecule has 24 heavy (non-hydrogen) atoms. The number of aromatic nitrogens is 2. The molecule has 0 aliphatic heterocycles. The van der Waals surface area contributed by atoms with Crippen molar-refractivity contribution in [3.63, 3.8) is 0 Å². The van der Waals surface area contributed by atoms with Crippen molar-refractivity contribution in [2.75, 3.05) is 7.05 Å². The van der Waals surface area contributed by atoms with Crippen molar-refractivity contribution < 1.29 is 14.8 Å². The third-order valence-electron chi connectivity index (χ3n) is 3.53. The zero-order chi connectivity index (χ0) is 17.3. The summed E-state index contributed by atoms with van der Waals surface area (Å²) in [5.74, 6) is 0.0747. The molecule has 122 valence electrons. The third-order valence-corrected chi connectivity index (χ3v) is 4.43.